The van der Waals surface area contributed by atoms with Crippen LogP contribution >= 0.6 is 0 Å². The van der Waals surface area contributed by atoms with E-state index in [2.05, 4.69) is 26.1 Å². The molecule has 0 saturated carbocycles. The SMILES string of the molecule is CC(C)COCCCNC(=O)N1CCC(C)CC1. The molecule has 1 aliphatic heterocycles. The van der Waals surface area contributed by atoms with Crippen LogP contribution in [0.1, 0.15) is 40.0 Å². The maximum absolute atomic E-state index is 11.8. The second kappa shape index (κ2) is 8.35. The number of nitrogens with zero attached hydrogens (tertiary/aromatic N) is 1. The number of likely N-dealkylation sites (tertiary alicyclic amines) is 1. The van der Waals surface area contributed by atoms with Gasteiger partial charge in [0.1, 0.15) is 0 Å². The van der Waals surface area contributed by atoms with Gasteiger partial charge >= 0.3 is 6.03 Å². The van der Waals surface area contributed by atoms with E-state index in [4.69, 9.17) is 4.74 Å². The van der Waals surface area contributed by atoms with Gasteiger partial charge in [-0.15, -0.1) is 0 Å². The van der Waals surface area contributed by atoms with Gasteiger partial charge in [0.2, 0.25) is 0 Å². The summed E-state index contributed by atoms with van der Waals surface area (Å²) < 4.78 is 5.47. The number of carbonyl (C=O) groups excluding carboxylic acids is 1. The molecule has 1 saturated heterocycles. The molecule has 0 bridgehead atoms. The van der Waals surface area contributed by atoms with Crippen molar-refractivity contribution in [2.45, 2.75) is 40.0 Å². The molecule has 0 aromatic heterocycles. The summed E-state index contributed by atoms with van der Waals surface area (Å²) in [4.78, 5) is 13.7. The van der Waals surface area contributed by atoms with Crippen molar-refractivity contribution in [3.63, 3.8) is 0 Å². The Kier molecular flexibility index (Phi) is 7.09. The van der Waals surface area contributed by atoms with Crippen molar-refractivity contribution in [3.8, 4) is 0 Å². The molecule has 4 nitrogen and oxygen atoms in total. The second-order valence-corrected chi connectivity index (χ2v) is 5.72. The third-order valence-electron chi connectivity index (χ3n) is 3.26. The van der Waals surface area contributed by atoms with E-state index in [1.54, 1.807) is 0 Å². The molecule has 0 radical (unpaired) electrons. The summed E-state index contributed by atoms with van der Waals surface area (Å²) >= 11 is 0. The van der Waals surface area contributed by atoms with Crippen LogP contribution in [-0.4, -0.2) is 43.8 Å². The quantitative estimate of drug-likeness (QED) is 0.742. The normalized spacial score (nSPS) is 17.2. The molecule has 1 rings (SSSR count). The molecule has 0 atom stereocenters. The van der Waals surface area contributed by atoms with E-state index < -0.39 is 0 Å². The number of rotatable bonds is 6. The maximum atomic E-state index is 11.8. The summed E-state index contributed by atoms with van der Waals surface area (Å²) in [5, 5.41) is 2.96. The number of piperidine rings is 1. The van der Waals surface area contributed by atoms with Crippen LogP contribution in [0.5, 0.6) is 0 Å². The molecular formula is C14H28N2O2. The number of hydrogen-bond acceptors (Lipinski definition) is 2. The van der Waals surface area contributed by atoms with Gasteiger partial charge in [0, 0.05) is 32.8 Å². The standard InChI is InChI=1S/C14H28N2O2/c1-12(2)11-18-10-4-7-15-14(17)16-8-5-13(3)6-9-16/h12-13H,4-11H2,1-3H3,(H,15,17). The Morgan fingerprint density at radius 2 is 2.06 bits per heavy atom. The van der Waals surface area contributed by atoms with E-state index >= 15 is 0 Å². The molecule has 1 fully saturated rings. The summed E-state index contributed by atoms with van der Waals surface area (Å²) in [6.07, 6.45) is 3.15. The van der Waals surface area contributed by atoms with Gasteiger partial charge in [0.05, 0.1) is 0 Å². The highest BCUT2D eigenvalue weighted by atomic mass is 16.5. The van der Waals surface area contributed by atoms with Gasteiger partial charge in [-0.3, -0.25) is 0 Å². The zero-order valence-electron chi connectivity index (χ0n) is 12.1. The Hall–Kier alpha value is -0.770. The fourth-order valence-corrected chi connectivity index (χ4v) is 2.01. The summed E-state index contributed by atoms with van der Waals surface area (Å²) in [6, 6.07) is 0.0887. The van der Waals surface area contributed by atoms with Crippen LogP contribution in [0.2, 0.25) is 0 Å². The van der Waals surface area contributed by atoms with Crippen LogP contribution < -0.4 is 5.32 Å². The molecule has 1 heterocycles. The first-order valence-electron chi connectivity index (χ1n) is 7.20. The topological polar surface area (TPSA) is 41.6 Å². The minimum absolute atomic E-state index is 0.0887. The zero-order chi connectivity index (χ0) is 13.4. The first-order chi connectivity index (χ1) is 8.59. The maximum Gasteiger partial charge on any atom is 0.317 e. The van der Waals surface area contributed by atoms with E-state index in [1.807, 2.05) is 4.90 Å². The Morgan fingerprint density at radius 1 is 1.39 bits per heavy atom. The van der Waals surface area contributed by atoms with E-state index in [0.717, 1.165) is 51.5 Å². The lowest BCUT2D eigenvalue weighted by Crippen LogP contribution is -2.44. The van der Waals surface area contributed by atoms with E-state index in [0.29, 0.717) is 12.5 Å². The van der Waals surface area contributed by atoms with Crippen LogP contribution in [0.25, 0.3) is 0 Å². The number of urea groups is 1. The Labute approximate surface area is 111 Å². The van der Waals surface area contributed by atoms with Crippen molar-refractivity contribution in [2.24, 2.45) is 11.8 Å². The van der Waals surface area contributed by atoms with Crippen LogP contribution in [0.4, 0.5) is 4.79 Å². The van der Waals surface area contributed by atoms with Gasteiger partial charge in [-0.2, -0.15) is 0 Å². The second-order valence-electron chi connectivity index (χ2n) is 5.72. The minimum atomic E-state index is 0.0887. The number of amides is 2. The number of carbonyl (C=O) groups is 1. The lowest BCUT2D eigenvalue weighted by atomic mass is 10.00. The third-order valence-corrected chi connectivity index (χ3v) is 3.26. The van der Waals surface area contributed by atoms with Gasteiger partial charge in [0.25, 0.3) is 0 Å². The Morgan fingerprint density at radius 3 is 2.67 bits per heavy atom. The molecule has 0 aliphatic carbocycles. The van der Waals surface area contributed by atoms with Crippen LogP contribution in [0, 0.1) is 11.8 Å². The zero-order valence-corrected chi connectivity index (χ0v) is 12.1. The molecule has 0 aromatic rings. The molecule has 106 valence electrons. The van der Waals surface area contributed by atoms with Crippen molar-refractivity contribution >= 4 is 6.03 Å². The predicted octanol–water partition coefficient (Wildman–Crippen LogP) is 2.49. The van der Waals surface area contributed by atoms with Gasteiger partial charge in [-0.25, -0.2) is 4.79 Å². The van der Waals surface area contributed by atoms with Crippen molar-refractivity contribution < 1.29 is 9.53 Å². The summed E-state index contributed by atoms with van der Waals surface area (Å²) in [6.45, 7) is 10.6. The van der Waals surface area contributed by atoms with E-state index in [9.17, 15) is 4.79 Å². The molecular weight excluding hydrogens is 228 g/mol. The summed E-state index contributed by atoms with van der Waals surface area (Å²) in [5.74, 6) is 1.34. The van der Waals surface area contributed by atoms with Crippen LogP contribution in [0.3, 0.4) is 0 Å². The number of nitrogens with one attached hydrogen (secondary N) is 1. The highest BCUT2D eigenvalue weighted by Gasteiger charge is 2.19. The highest BCUT2D eigenvalue weighted by Crippen LogP contribution is 2.15. The van der Waals surface area contributed by atoms with Gasteiger partial charge in [-0.1, -0.05) is 20.8 Å². The lowest BCUT2D eigenvalue weighted by Gasteiger charge is -2.30. The number of hydrogen-bond donors (Lipinski definition) is 1. The number of ether oxygens (including phenoxy) is 1. The molecule has 0 unspecified atom stereocenters. The van der Waals surface area contributed by atoms with E-state index in [1.165, 1.54) is 0 Å². The average molecular weight is 256 g/mol. The molecule has 18 heavy (non-hydrogen) atoms. The fraction of sp³-hybridized carbons (Fsp3) is 0.929. The van der Waals surface area contributed by atoms with E-state index in [-0.39, 0.29) is 6.03 Å². The minimum Gasteiger partial charge on any atom is -0.381 e. The molecule has 1 aliphatic rings. The predicted molar refractivity (Wildman–Crippen MR) is 73.6 cm³/mol. The molecule has 1 N–H and O–H groups in total. The van der Waals surface area contributed by atoms with Crippen molar-refractivity contribution in [3.05, 3.63) is 0 Å². The van der Waals surface area contributed by atoms with Crippen molar-refractivity contribution in [1.29, 1.82) is 0 Å². The summed E-state index contributed by atoms with van der Waals surface area (Å²) in [7, 11) is 0. The van der Waals surface area contributed by atoms with Crippen molar-refractivity contribution in [2.75, 3.05) is 32.8 Å². The molecule has 0 aromatic carbocycles. The largest absolute Gasteiger partial charge is 0.381 e. The smallest absolute Gasteiger partial charge is 0.317 e. The molecule has 2 amide bonds. The first-order valence-corrected chi connectivity index (χ1v) is 7.20. The summed E-state index contributed by atoms with van der Waals surface area (Å²) in [5.41, 5.74) is 0. The van der Waals surface area contributed by atoms with Gasteiger partial charge < -0.3 is 15.0 Å². The highest BCUT2D eigenvalue weighted by molar-refractivity contribution is 5.74. The Balaban J connectivity index is 2.00. The lowest BCUT2D eigenvalue weighted by molar-refractivity contribution is 0.107. The van der Waals surface area contributed by atoms with Crippen LogP contribution in [-0.2, 0) is 4.74 Å². The van der Waals surface area contributed by atoms with Crippen LogP contribution in [0.15, 0.2) is 0 Å². The van der Waals surface area contributed by atoms with Gasteiger partial charge in [0.15, 0.2) is 0 Å². The van der Waals surface area contributed by atoms with Gasteiger partial charge in [-0.05, 0) is 31.1 Å². The molecule has 0 spiro atoms. The average Bonchev–Trinajstić information content (AvgIpc) is 2.34. The third kappa shape index (κ3) is 6.24. The fourth-order valence-electron chi connectivity index (χ4n) is 2.01. The first kappa shape index (κ1) is 15.3. The Bertz CT molecular complexity index is 236. The molecule has 4 heteroatoms. The van der Waals surface area contributed by atoms with Crippen molar-refractivity contribution in [1.82, 2.24) is 10.2 Å². The monoisotopic (exact) mass is 256 g/mol.